The van der Waals surface area contributed by atoms with Crippen LogP contribution in [0.2, 0.25) is 0 Å². The molecular formula is C20H30N6. The standard InChI is InChI=1S/C20H30N6/c1-4-26-11-7-9-19(26)16-25(15-18-8-5-6-10-21-18)14-17-12-22-20(23-13-17)24(2)3/h5-6,8,10,12-13,19H,4,7,9,11,14-16H2,1-3H3. The highest BCUT2D eigenvalue weighted by molar-refractivity contribution is 5.26. The molecule has 1 saturated heterocycles. The predicted octanol–water partition coefficient (Wildman–Crippen LogP) is 2.42. The molecule has 0 aromatic carbocycles. The van der Waals surface area contributed by atoms with E-state index in [2.05, 4.69) is 43.8 Å². The molecule has 0 saturated carbocycles. The number of likely N-dealkylation sites (tertiary alicyclic amines) is 1. The molecule has 0 radical (unpaired) electrons. The summed E-state index contributed by atoms with van der Waals surface area (Å²) in [5.41, 5.74) is 2.26. The van der Waals surface area contributed by atoms with Crippen molar-refractivity contribution in [1.29, 1.82) is 0 Å². The summed E-state index contributed by atoms with van der Waals surface area (Å²) in [6.45, 7) is 7.36. The van der Waals surface area contributed by atoms with E-state index < -0.39 is 0 Å². The Balaban J connectivity index is 1.71. The molecule has 0 aliphatic carbocycles. The topological polar surface area (TPSA) is 48.4 Å². The molecule has 2 aromatic heterocycles. The van der Waals surface area contributed by atoms with Crippen LogP contribution in [-0.4, -0.2) is 64.5 Å². The van der Waals surface area contributed by atoms with Gasteiger partial charge in [-0.05, 0) is 38.1 Å². The fourth-order valence-electron chi connectivity index (χ4n) is 3.64. The van der Waals surface area contributed by atoms with Crippen LogP contribution in [0.25, 0.3) is 0 Å². The summed E-state index contributed by atoms with van der Waals surface area (Å²) >= 11 is 0. The zero-order valence-electron chi connectivity index (χ0n) is 16.2. The van der Waals surface area contributed by atoms with Gasteiger partial charge in [0.15, 0.2) is 0 Å². The summed E-state index contributed by atoms with van der Waals surface area (Å²) in [6.07, 6.45) is 8.34. The van der Waals surface area contributed by atoms with Crippen LogP contribution in [0.1, 0.15) is 31.0 Å². The van der Waals surface area contributed by atoms with Gasteiger partial charge in [-0.3, -0.25) is 14.8 Å². The van der Waals surface area contributed by atoms with Crippen LogP contribution in [0.5, 0.6) is 0 Å². The van der Waals surface area contributed by atoms with Gasteiger partial charge in [-0.1, -0.05) is 13.0 Å². The Morgan fingerprint density at radius 2 is 1.92 bits per heavy atom. The van der Waals surface area contributed by atoms with Gasteiger partial charge < -0.3 is 4.90 Å². The second kappa shape index (κ2) is 9.05. The predicted molar refractivity (Wildman–Crippen MR) is 105 cm³/mol. The summed E-state index contributed by atoms with van der Waals surface area (Å²) < 4.78 is 0. The smallest absolute Gasteiger partial charge is 0.224 e. The van der Waals surface area contributed by atoms with E-state index in [1.807, 2.05) is 43.7 Å². The molecule has 2 aromatic rings. The number of hydrogen-bond acceptors (Lipinski definition) is 6. The van der Waals surface area contributed by atoms with Crippen molar-refractivity contribution in [3.05, 3.63) is 48.0 Å². The number of anilines is 1. The zero-order chi connectivity index (χ0) is 18.4. The molecule has 1 aliphatic heterocycles. The van der Waals surface area contributed by atoms with Crippen molar-refractivity contribution in [2.45, 2.75) is 38.9 Å². The maximum atomic E-state index is 4.52. The van der Waals surface area contributed by atoms with E-state index in [1.165, 1.54) is 19.4 Å². The fourth-order valence-corrected chi connectivity index (χ4v) is 3.64. The highest BCUT2D eigenvalue weighted by Crippen LogP contribution is 2.19. The summed E-state index contributed by atoms with van der Waals surface area (Å²) in [4.78, 5) is 20.4. The molecule has 0 spiro atoms. The Labute approximate surface area is 156 Å². The molecule has 1 fully saturated rings. The number of nitrogens with zero attached hydrogens (tertiary/aromatic N) is 6. The fraction of sp³-hybridized carbons (Fsp3) is 0.550. The number of hydrogen-bond donors (Lipinski definition) is 0. The third-order valence-corrected chi connectivity index (χ3v) is 4.98. The molecule has 140 valence electrons. The molecular weight excluding hydrogens is 324 g/mol. The molecule has 6 nitrogen and oxygen atoms in total. The lowest BCUT2D eigenvalue weighted by Gasteiger charge is -2.30. The van der Waals surface area contributed by atoms with Crippen LogP contribution in [0.15, 0.2) is 36.8 Å². The normalized spacial score (nSPS) is 17.8. The molecule has 26 heavy (non-hydrogen) atoms. The summed E-state index contributed by atoms with van der Waals surface area (Å²) in [7, 11) is 3.92. The zero-order valence-corrected chi connectivity index (χ0v) is 16.2. The monoisotopic (exact) mass is 354 g/mol. The molecule has 1 aliphatic rings. The first kappa shape index (κ1) is 18.7. The Hall–Kier alpha value is -2.05. The molecule has 0 N–H and O–H groups in total. The van der Waals surface area contributed by atoms with Gasteiger partial charge in [0.25, 0.3) is 0 Å². The number of likely N-dealkylation sites (N-methyl/N-ethyl adjacent to an activating group) is 1. The Morgan fingerprint density at radius 3 is 2.58 bits per heavy atom. The second-order valence-electron chi connectivity index (χ2n) is 7.20. The van der Waals surface area contributed by atoms with Crippen molar-refractivity contribution >= 4 is 5.95 Å². The van der Waals surface area contributed by atoms with Gasteiger partial charge >= 0.3 is 0 Å². The van der Waals surface area contributed by atoms with Crippen molar-refractivity contribution in [1.82, 2.24) is 24.8 Å². The lowest BCUT2D eigenvalue weighted by Crippen LogP contribution is -2.40. The molecule has 6 heteroatoms. The molecule has 0 bridgehead atoms. The van der Waals surface area contributed by atoms with Crippen LogP contribution < -0.4 is 4.90 Å². The van der Waals surface area contributed by atoms with E-state index in [0.29, 0.717) is 6.04 Å². The van der Waals surface area contributed by atoms with E-state index in [0.717, 1.165) is 43.4 Å². The average Bonchev–Trinajstić information content (AvgIpc) is 3.10. The van der Waals surface area contributed by atoms with Crippen molar-refractivity contribution in [2.75, 3.05) is 38.6 Å². The maximum Gasteiger partial charge on any atom is 0.224 e. The Morgan fingerprint density at radius 1 is 1.12 bits per heavy atom. The largest absolute Gasteiger partial charge is 0.347 e. The van der Waals surface area contributed by atoms with Gasteiger partial charge in [0, 0.05) is 63.9 Å². The minimum absolute atomic E-state index is 0.630. The van der Waals surface area contributed by atoms with Crippen LogP contribution in [0, 0.1) is 0 Å². The van der Waals surface area contributed by atoms with Crippen LogP contribution in [0.3, 0.4) is 0 Å². The molecule has 3 heterocycles. The second-order valence-corrected chi connectivity index (χ2v) is 7.20. The first-order chi connectivity index (χ1) is 12.7. The first-order valence-corrected chi connectivity index (χ1v) is 9.50. The number of rotatable bonds is 8. The number of aromatic nitrogens is 3. The van der Waals surface area contributed by atoms with Gasteiger partial charge in [-0.15, -0.1) is 0 Å². The SMILES string of the molecule is CCN1CCCC1CN(Cc1cnc(N(C)C)nc1)Cc1ccccn1. The minimum Gasteiger partial charge on any atom is -0.347 e. The Bertz CT molecular complexity index is 658. The van der Waals surface area contributed by atoms with Crippen LogP contribution in [-0.2, 0) is 13.1 Å². The lowest BCUT2D eigenvalue weighted by molar-refractivity contribution is 0.164. The highest BCUT2D eigenvalue weighted by Gasteiger charge is 2.25. The van der Waals surface area contributed by atoms with Crippen molar-refractivity contribution in [3.8, 4) is 0 Å². The van der Waals surface area contributed by atoms with Gasteiger partial charge in [0.05, 0.1) is 5.69 Å². The van der Waals surface area contributed by atoms with E-state index >= 15 is 0 Å². The minimum atomic E-state index is 0.630. The average molecular weight is 355 g/mol. The third kappa shape index (κ3) is 4.99. The van der Waals surface area contributed by atoms with Gasteiger partial charge in [-0.2, -0.15) is 0 Å². The highest BCUT2D eigenvalue weighted by atomic mass is 15.2. The summed E-state index contributed by atoms with van der Waals surface area (Å²) in [5, 5.41) is 0. The number of pyridine rings is 1. The van der Waals surface area contributed by atoms with E-state index in [4.69, 9.17) is 0 Å². The summed E-state index contributed by atoms with van der Waals surface area (Å²) in [6, 6.07) is 6.76. The van der Waals surface area contributed by atoms with Crippen LogP contribution in [0.4, 0.5) is 5.95 Å². The first-order valence-electron chi connectivity index (χ1n) is 9.50. The van der Waals surface area contributed by atoms with Crippen LogP contribution >= 0.6 is 0 Å². The molecule has 3 rings (SSSR count). The van der Waals surface area contributed by atoms with Gasteiger partial charge in [-0.25, -0.2) is 9.97 Å². The van der Waals surface area contributed by atoms with Gasteiger partial charge in [0.2, 0.25) is 5.95 Å². The lowest BCUT2D eigenvalue weighted by atomic mass is 10.2. The van der Waals surface area contributed by atoms with E-state index in [1.54, 1.807) is 0 Å². The van der Waals surface area contributed by atoms with E-state index in [9.17, 15) is 0 Å². The van der Waals surface area contributed by atoms with Crippen molar-refractivity contribution < 1.29 is 0 Å². The Kier molecular flexibility index (Phi) is 6.52. The van der Waals surface area contributed by atoms with E-state index in [-0.39, 0.29) is 0 Å². The molecule has 0 amide bonds. The maximum absolute atomic E-state index is 4.52. The quantitative estimate of drug-likeness (QED) is 0.726. The third-order valence-electron chi connectivity index (χ3n) is 4.98. The van der Waals surface area contributed by atoms with Gasteiger partial charge in [0.1, 0.15) is 0 Å². The van der Waals surface area contributed by atoms with Crippen molar-refractivity contribution in [3.63, 3.8) is 0 Å². The summed E-state index contributed by atoms with van der Waals surface area (Å²) in [5.74, 6) is 0.748. The van der Waals surface area contributed by atoms with Crippen molar-refractivity contribution in [2.24, 2.45) is 0 Å². The molecule has 1 unspecified atom stereocenters. The molecule has 1 atom stereocenters.